The third kappa shape index (κ3) is 2.44. The molecule has 0 amide bonds. The Kier molecular flexibility index (Phi) is 3.79. The van der Waals surface area contributed by atoms with Crippen LogP contribution in [0.1, 0.15) is 33.1 Å². The monoisotopic (exact) mass is 249 g/mol. The van der Waals surface area contributed by atoms with E-state index in [-0.39, 0.29) is 5.82 Å². The van der Waals surface area contributed by atoms with Crippen molar-refractivity contribution in [1.82, 2.24) is 4.98 Å². The van der Waals surface area contributed by atoms with Crippen molar-refractivity contribution in [2.75, 3.05) is 5.32 Å². The van der Waals surface area contributed by atoms with Crippen molar-refractivity contribution in [3.63, 3.8) is 0 Å². The van der Waals surface area contributed by atoms with Gasteiger partial charge in [0.2, 0.25) is 0 Å². The molecule has 18 heavy (non-hydrogen) atoms. The van der Waals surface area contributed by atoms with Crippen molar-refractivity contribution >= 4 is 11.5 Å². The normalized spacial score (nSPS) is 27.1. The van der Waals surface area contributed by atoms with E-state index >= 15 is 0 Å². The molecule has 0 aromatic carbocycles. The highest BCUT2D eigenvalue weighted by Gasteiger charge is 2.32. The smallest absolute Gasteiger partial charge is 0.375 e. The van der Waals surface area contributed by atoms with Crippen LogP contribution in [0, 0.1) is 22.0 Å². The summed E-state index contributed by atoms with van der Waals surface area (Å²) in [5.74, 6) is 1.19. The summed E-state index contributed by atoms with van der Waals surface area (Å²) >= 11 is 0. The second-order valence-corrected chi connectivity index (χ2v) is 4.99. The first-order chi connectivity index (χ1) is 8.63. The molecule has 1 N–H and O–H groups in total. The number of nitrogens with one attached hydrogen (secondary N) is 1. The van der Waals surface area contributed by atoms with Gasteiger partial charge in [-0.3, -0.25) is 0 Å². The number of hydrogen-bond donors (Lipinski definition) is 1. The zero-order valence-electron chi connectivity index (χ0n) is 10.8. The second-order valence-electron chi connectivity index (χ2n) is 4.99. The molecule has 3 unspecified atom stereocenters. The predicted molar refractivity (Wildman–Crippen MR) is 70.5 cm³/mol. The van der Waals surface area contributed by atoms with Crippen molar-refractivity contribution in [3.8, 4) is 0 Å². The molecule has 0 radical (unpaired) electrons. The van der Waals surface area contributed by atoms with Crippen LogP contribution in [0.5, 0.6) is 0 Å². The fraction of sp³-hybridized carbons (Fsp3) is 0.615. The number of rotatable bonds is 4. The van der Waals surface area contributed by atoms with Crippen molar-refractivity contribution in [2.45, 2.75) is 39.2 Å². The van der Waals surface area contributed by atoms with Gasteiger partial charge in [-0.1, -0.05) is 20.3 Å². The van der Waals surface area contributed by atoms with Gasteiger partial charge in [-0.25, -0.2) is 0 Å². The van der Waals surface area contributed by atoms with Crippen molar-refractivity contribution in [3.05, 3.63) is 28.4 Å². The maximum atomic E-state index is 10.9. The predicted octanol–water partition coefficient (Wildman–Crippen LogP) is 3.23. The van der Waals surface area contributed by atoms with E-state index in [0.717, 1.165) is 12.3 Å². The molecule has 1 saturated carbocycles. The van der Waals surface area contributed by atoms with E-state index in [0.29, 0.717) is 17.6 Å². The topological polar surface area (TPSA) is 68.1 Å². The highest BCUT2D eigenvalue weighted by Crippen LogP contribution is 2.36. The Bertz CT molecular complexity index is 436. The van der Waals surface area contributed by atoms with Gasteiger partial charge >= 0.3 is 5.82 Å². The van der Waals surface area contributed by atoms with Crippen LogP contribution in [-0.2, 0) is 0 Å². The van der Waals surface area contributed by atoms with Gasteiger partial charge in [0, 0.05) is 6.04 Å². The lowest BCUT2D eigenvalue weighted by Crippen LogP contribution is -2.25. The van der Waals surface area contributed by atoms with Crippen molar-refractivity contribution in [1.29, 1.82) is 0 Å². The summed E-state index contributed by atoms with van der Waals surface area (Å²) in [6.45, 7) is 4.43. The first-order valence-corrected chi connectivity index (χ1v) is 6.49. The minimum atomic E-state index is -0.431. The van der Waals surface area contributed by atoms with Crippen LogP contribution in [0.15, 0.2) is 18.3 Å². The molecule has 0 bridgehead atoms. The average Bonchev–Trinajstić information content (AvgIpc) is 2.71. The molecule has 98 valence electrons. The largest absolute Gasteiger partial charge is 0.386 e. The molecule has 1 aromatic heterocycles. The van der Waals surface area contributed by atoms with Crippen LogP contribution in [-0.4, -0.2) is 15.9 Å². The van der Waals surface area contributed by atoms with Gasteiger partial charge in [0.1, 0.15) is 11.9 Å². The molecule has 1 aliphatic rings. The van der Waals surface area contributed by atoms with Gasteiger partial charge in [0.25, 0.3) is 0 Å². The van der Waals surface area contributed by atoms with E-state index in [2.05, 4.69) is 24.1 Å². The molecule has 5 nitrogen and oxygen atoms in total. The van der Waals surface area contributed by atoms with Crippen LogP contribution in [0.2, 0.25) is 0 Å². The Morgan fingerprint density at radius 2 is 2.33 bits per heavy atom. The third-order valence-corrected chi connectivity index (χ3v) is 4.05. The summed E-state index contributed by atoms with van der Waals surface area (Å²) in [4.78, 5) is 14.3. The number of hydrogen-bond acceptors (Lipinski definition) is 4. The molecule has 0 spiro atoms. The van der Waals surface area contributed by atoms with Gasteiger partial charge in [-0.15, -0.1) is 0 Å². The van der Waals surface area contributed by atoms with Gasteiger partial charge < -0.3 is 15.4 Å². The number of aromatic nitrogens is 1. The van der Waals surface area contributed by atoms with Gasteiger partial charge in [-0.05, 0) is 46.7 Å². The molecule has 0 aliphatic heterocycles. The first kappa shape index (κ1) is 12.8. The van der Waals surface area contributed by atoms with E-state index in [4.69, 9.17) is 0 Å². The second kappa shape index (κ2) is 5.33. The van der Waals surface area contributed by atoms with Crippen molar-refractivity contribution in [2.24, 2.45) is 11.8 Å². The van der Waals surface area contributed by atoms with Crippen molar-refractivity contribution < 1.29 is 4.92 Å². The Morgan fingerprint density at radius 3 is 2.94 bits per heavy atom. The molecule has 1 heterocycles. The quantitative estimate of drug-likeness (QED) is 0.657. The van der Waals surface area contributed by atoms with E-state index in [1.807, 2.05) is 0 Å². The standard InChI is InChI=1S/C13H19N3O2/c1-3-10-6-7-11(9(10)2)15-12-5-4-8-14-13(12)16(17)18/h4-5,8-11,15H,3,6-7H2,1-2H3. The molecule has 1 aliphatic carbocycles. The highest BCUT2D eigenvalue weighted by molar-refractivity contribution is 5.57. The van der Waals surface area contributed by atoms with Gasteiger partial charge in [0.15, 0.2) is 0 Å². The molecular weight excluding hydrogens is 230 g/mol. The first-order valence-electron chi connectivity index (χ1n) is 6.49. The summed E-state index contributed by atoms with van der Waals surface area (Å²) in [6, 6.07) is 3.78. The molecular formula is C13H19N3O2. The van der Waals surface area contributed by atoms with Crippen LogP contribution in [0.25, 0.3) is 0 Å². The number of anilines is 1. The average molecular weight is 249 g/mol. The highest BCUT2D eigenvalue weighted by atomic mass is 16.6. The van der Waals surface area contributed by atoms with Crippen LogP contribution < -0.4 is 5.32 Å². The maximum absolute atomic E-state index is 10.9. The Balaban J connectivity index is 2.13. The van der Waals surface area contributed by atoms with E-state index < -0.39 is 4.92 Å². The Morgan fingerprint density at radius 1 is 1.56 bits per heavy atom. The minimum absolute atomic E-state index is 0.0790. The molecule has 5 heteroatoms. The van der Waals surface area contributed by atoms with E-state index in [9.17, 15) is 10.1 Å². The fourth-order valence-electron chi connectivity index (χ4n) is 2.88. The maximum Gasteiger partial charge on any atom is 0.386 e. The summed E-state index contributed by atoms with van der Waals surface area (Å²) < 4.78 is 0. The SMILES string of the molecule is CCC1CCC(Nc2cccnc2[N+](=O)[O-])C1C. The van der Waals surface area contributed by atoms with Crippen LogP contribution in [0.4, 0.5) is 11.5 Å². The van der Waals surface area contributed by atoms with Crippen LogP contribution >= 0.6 is 0 Å². The molecule has 2 rings (SSSR count). The molecule has 3 atom stereocenters. The Labute approximate surface area is 107 Å². The fourth-order valence-corrected chi connectivity index (χ4v) is 2.88. The molecule has 1 aromatic rings. The number of nitro groups is 1. The summed E-state index contributed by atoms with van der Waals surface area (Å²) in [6.07, 6.45) is 4.90. The van der Waals surface area contributed by atoms with Crippen LogP contribution in [0.3, 0.4) is 0 Å². The zero-order chi connectivity index (χ0) is 13.1. The van der Waals surface area contributed by atoms with E-state index in [1.165, 1.54) is 19.0 Å². The molecule has 1 fully saturated rings. The minimum Gasteiger partial charge on any atom is -0.375 e. The number of pyridine rings is 1. The van der Waals surface area contributed by atoms with E-state index in [1.54, 1.807) is 12.1 Å². The lowest BCUT2D eigenvalue weighted by molar-refractivity contribution is -0.388. The lowest BCUT2D eigenvalue weighted by atomic mass is 9.93. The zero-order valence-corrected chi connectivity index (χ0v) is 10.8. The Hall–Kier alpha value is -1.65. The summed E-state index contributed by atoms with van der Waals surface area (Å²) in [7, 11) is 0. The van der Waals surface area contributed by atoms with Gasteiger partial charge in [-0.2, -0.15) is 0 Å². The lowest BCUT2D eigenvalue weighted by Gasteiger charge is -2.21. The number of nitrogens with zero attached hydrogens (tertiary/aromatic N) is 2. The third-order valence-electron chi connectivity index (χ3n) is 4.05. The van der Waals surface area contributed by atoms with Gasteiger partial charge in [0.05, 0.1) is 0 Å². The molecule has 0 saturated heterocycles. The summed E-state index contributed by atoms with van der Waals surface area (Å²) in [5, 5.41) is 14.2. The summed E-state index contributed by atoms with van der Waals surface area (Å²) in [5.41, 5.74) is 0.538.